The Hall–Kier alpha value is -0.890. The molecule has 1 aromatic heterocycles. The summed E-state index contributed by atoms with van der Waals surface area (Å²) in [6.45, 7) is 1.22. The van der Waals surface area contributed by atoms with Gasteiger partial charge >= 0.3 is 2.85 Å². The van der Waals surface area contributed by atoms with Gasteiger partial charge in [-0.15, -0.1) is 0 Å². The molecule has 12 heavy (non-hydrogen) atoms. The maximum absolute atomic E-state index is 4.14. The van der Waals surface area contributed by atoms with Crippen LogP contribution in [0.4, 0.5) is 0 Å². The Morgan fingerprint density at radius 3 is 3.17 bits per heavy atom. The second-order valence-corrected chi connectivity index (χ2v) is 3.42. The lowest BCUT2D eigenvalue weighted by Crippen LogP contribution is -2.17. The first-order valence-corrected chi connectivity index (χ1v) is 4.48. The normalized spacial score (nSPS) is 24.6. The van der Waals surface area contributed by atoms with Crippen LogP contribution in [0.1, 0.15) is 27.3 Å². The van der Waals surface area contributed by atoms with Gasteiger partial charge in [-0.05, 0) is 38.1 Å². The van der Waals surface area contributed by atoms with E-state index in [4.69, 9.17) is 0 Å². The molecule has 0 amide bonds. The summed E-state index contributed by atoms with van der Waals surface area (Å²) >= 11 is 0. The summed E-state index contributed by atoms with van der Waals surface area (Å²) in [5.74, 6) is 0. The standard InChI is InChI=1S/C10H14N2/c1-12-7-3-5-10(12)9-4-2-6-11-8-9/h2,4,6,8,10H,3,5,7H2,1H3/p+2/t10-/m0/s1. The van der Waals surface area contributed by atoms with E-state index in [0.29, 0.717) is 6.04 Å². The first-order chi connectivity index (χ1) is 5.88. The number of hydrogen-bond acceptors (Lipinski definition) is 2. The van der Waals surface area contributed by atoms with Gasteiger partial charge < -0.3 is 0 Å². The first kappa shape index (κ1) is 7.74. The van der Waals surface area contributed by atoms with Crippen LogP contribution in [0.15, 0.2) is 24.5 Å². The summed E-state index contributed by atoms with van der Waals surface area (Å²) in [6, 6.07) is 4.79. The third-order valence-electron chi connectivity index (χ3n) is 2.59. The van der Waals surface area contributed by atoms with Gasteiger partial charge in [0.05, 0.1) is 0 Å². The van der Waals surface area contributed by atoms with Crippen molar-refractivity contribution in [2.24, 2.45) is 0 Å². The zero-order valence-corrected chi connectivity index (χ0v) is 7.40. The Bertz CT molecular complexity index is 254. The summed E-state index contributed by atoms with van der Waals surface area (Å²) in [7, 11) is 2.19. The Morgan fingerprint density at radius 2 is 2.58 bits per heavy atom. The summed E-state index contributed by atoms with van der Waals surface area (Å²) in [5, 5.41) is 0. The van der Waals surface area contributed by atoms with E-state index in [9.17, 15) is 0 Å². The average molecular weight is 164 g/mol. The van der Waals surface area contributed by atoms with Crippen LogP contribution in [0.5, 0.6) is 0 Å². The van der Waals surface area contributed by atoms with E-state index in [1.165, 1.54) is 24.9 Å². The second kappa shape index (κ2) is 3.23. The SMILES string of the molecule is CN1CCC[C@H]1c1cccnc1.[H+].[H+]. The van der Waals surface area contributed by atoms with Crippen molar-refractivity contribution in [1.82, 2.24) is 9.88 Å². The quantitative estimate of drug-likeness (QED) is 0.631. The van der Waals surface area contributed by atoms with Crippen LogP contribution in [0.25, 0.3) is 0 Å². The molecular weight excluding hydrogens is 148 g/mol. The van der Waals surface area contributed by atoms with Gasteiger partial charge in [0.1, 0.15) is 0 Å². The van der Waals surface area contributed by atoms with E-state index in [1.807, 2.05) is 18.5 Å². The highest BCUT2D eigenvalue weighted by atomic mass is 15.1. The van der Waals surface area contributed by atoms with E-state index in [0.717, 1.165) is 0 Å². The minimum absolute atomic E-state index is 0. The highest BCUT2D eigenvalue weighted by Gasteiger charge is 2.21. The van der Waals surface area contributed by atoms with E-state index < -0.39 is 0 Å². The predicted molar refractivity (Wildman–Crippen MR) is 51.1 cm³/mol. The molecule has 64 valence electrons. The molecule has 0 spiro atoms. The molecule has 0 radical (unpaired) electrons. The summed E-state index contributed by atoms with van der Waals surface area (Å²) in [5.41, 5.74) is 1.36. The number of pyridine rings is 1. The largest absolute Gasteiger partial charge is 1.00 e. The molecule has 1 saturated heterocycles. The molecule has 1 aliphatic heterocycles. The maximum Gasteiger partial charge on any atom is 1.00 e. The van der Waals surface area contributed by atoms with Gasteiger partial charge in [-0.3, -0.25) is 9.88 Å². The third-order valence-corrected chi connectivity index (χ3v) is 2.59. The lowest BCUT2D eigenvalue weighted by molar-refractivity contribution is 0.317. The molecule has 0 unspecified atom stereocenters. The number of hydrogen-bond donors (Lipinski definition) is 0. The minimum atomic E-state index is 0. The first-order valence-electron chi connectivity index (χ1n) is 4.48. The van der Waals surface area contributed by atoms with E-state index >= 15 is 0 Å². The molecule has 0 N–H and O–H groups in total. The molecule has 1 aromatic rings. The molecule has 0 aliphatic carbocycles. The Balaban J connectivity index is 0.000000845. The number of likely N-dealkylation sites (tertiary alicyclic amines) is 1. The Labute approximate surface area is 76.2 Å². The molecule has 2 heterocycles. The second-order valence-electron chi connectivity index (χ2n) is 3.42. The van der Waals surface area contributed by atoms with Gasteiger partial charge in [0.2, 0.25) is 0 Å². The van der Waals surface area contributed by atoms with Crippen molar-refractivity contribution in [3.63, 3.8) is 0 Å². The van der Waals surface area contributed by atoms with E-state index in [2.05, 4.69) is 23.0 Å². The van der Waals surface area contributed by atoms with E-state index in [-0.39, 0.29) is 2.85 Å². The Kier molecular flexibility index (Phi) is 2.09. The molecule has 2 rings (SSSR count). The van der Waals surface area contributed by atoms with Crippen molar-refractivity contribution in [2.45, 2.75) is 18.9 Å². The lowest BCUT2D eigenvalue weighted by Gasteiger charge is -2.18. The van der Waals surface area contributed by atoms with Crippen LogP contribution in [-0.2, 0) is 0 Å². The average Bonchev–Trinajstić information content (AvgIpc) is 2.53. The maximum atomic E-state index is 4.14. The number of rotatable bonds is 1. The van der Waals surface area contributed by atoms with Crippen LogP contribution in [-0.4, -0.2) is 23.5 Å². The zero-order valence-electron chi connectivity index (χ0n) is 9.40. The molecule has 1 aliphatic rings. The van der Waals surface area contributed by atoms with Crippen molar-refractivity contribution < 1.29 is 2.85 Å². The summed E-state index contributed by atoms with van der Waals surface area (Å²) in [4.78, 5) is 6.54. The highest BCUT2D eigenvalue weighted by molar-refractivity contribution is 5.14. The molecular formula is C10H16N2+2. The van der Waals surface area contributed by atoms with Gasteiger partial charge in [-0.2, -0.15) is 0 Å². The van der Waals surface area contributed by atoms with Crippen LogP contribution in [0, 0.1) is 0 Å². The topological polar surface area (TPSA) is 16.1 Å². The molecule has 2 nitrogen and oxygen atoms in total. The van der Waals surface area contributed by atoms with Crippen molar-refractivity contribution in [1.29, 1.82) is 0 Å². The van der Waals surface area contributed by atoms with Crippen molar-refractivity contribution >= 4 is 0 Å². The van der Waals surface area contributed by atoms with Crippen molar-refractivity contribution in [2.75, 3.05) is 13.6 Å². The van der Waals surface area contributed by atoms with Crippen LogP contribution in [0.3, 0.4) is 0 Å². The highest BCUT2D eigenvalue weighted by Crippen LogP contribution is 2.29. The van der Waals surface area contributed by atoms with Gasteiger partial charge in [0, 0.05) is 18.4 Å². The summed E-state index contributed by atoms with van der Waals surface area (Å²) < 4.78 is 0. The zero-order chi connectivity index (χ0) is 8.39. The van der Waals surface area contributed by atoms with Crippen LogP contribution >= 0.6 is 0 Å². The van der Waals surface area contributed by atoms with Crippen molar-refractivity contribution in [3.05, 3.63) is 30.1 Å². The minimum Gasteiger partial charge on any atom is -0.299 e. The lowest BCUT2D eigenvalue weighted by atomic mass is 10.1. The van der Waals surface area contributed by atoms with Gasteiger partial charge in [0.25, 0.3) is 0 Å². The molecule has 0 saturated carbocycles. The van der Waals surface area contributed by atoms with Crippen LogP contribution < -0.4 is 0 Å². The molecule has 1 atom stereocenters. The fourth-order valence-electron chi connectivity index (χ4n) is 1.90. The van der Waals surface area contributed by atoms with Crippen molar-refractivity contribution in [3.8, 4) is 0 Å². The van der Waals surface area contributed by atoms with E-state index in [1.54, 1.807) is 0 Å². The third kappa shape index (κ3) is 1.34. The fourth-order valence-corrected chi connectivity index (χ4v) is 1.90. The van der Waals surface area contributed by atoms with Gasteiger partial charge in [0.15, 0.2) is 0 Å². The van der Waals surface area contributed by atoms with Gasteiger partial charge in [-0.25, -0.2) is 0 Å². The molecule has 2 heteroatoms. The monoisotopic (exact) mass is 164 g/mol. The van der Waals surface area contributed by atoms with Crippen LogP contribution in [0.2, 0.25) is 0 Å². The predicted octanol–water partition coefficient (Wildman–Crippen LogP) is 2.07. The summed E-state index contributed by atoms with van der Waals surface area (Å²) in [6.07, 6.45) is 6.41. The smallest absolute Gasteiger partial charge is 0.299 e. The van der Waals surface area contributed by atoms with Gasteiger partial charge in [-0.1, -0.05) is 6.07 Å². The molecule has 1 fully saturated rings. The number of aromatic nitrogens is 1. The fraction of sp³-hybridized carbons (Fsp3) is 0.500. The number of nitrogens with zero attached hydrogens (tertiary/aromatic N) is 2. The Morgan fingerprint density at radius 1 is 1.67 bits per heavy atom. The molecule has 0 aromatic carbocycles. The molecule has 0 bridgehead atoms.